The van der Waals surface area contributed by atoms with Crippen LogP contribution in [0, 0.1) is 11.3 Å². The zero-order valence-electron chi connectivity index (χ0n) is 30.2. The molecule has 0 saturated carbocycles. The molecule has 55 heavy (non-hydrogen) atoms. The van der Waals surface area contributed by atoms with Crippen LogP contribution in [-0.4, -0.2) is 9.97 Å². The van der Waals surface area contributed by atoms with Crippen molar-refractivity contribution in [1.82, 2.24) is 9.97 Å². The SMILES string of the molecule is CC1(C)c2ccccc2Oc2c(C#N)cc(-c3cccc(-c4cc(-c5ccc(-c6cccc7c6oc6ccccc67)cc5)nc(-c5ccccc5)n4)c3)cc21. The van der Waals surface area contributed by atoms with Crippen LogP contribution < -0.4 is 4.74 Å². The van der Waals surface area contributed by atoms with Crippen LogP contribution in [0.4, 0.5) is 0 Å². The van der Waals surface area contributed by atoms with Crippen LogP contribution in [0.3, 0.4) is 0 Å². The third kappa shape index (κ3) is 5.47. The van der Waals surface area contributed by atoms with Gasteiger partial charge in [-0.05, 0) is 53.1 Å². The number of fused-ring (bicyclic) bond motifs is 5. The highest BCUT2D eigenvalue weighted by atomic mass is 16.5. The summed E-state index contributed by atoms with van der Waals surface area (Å²) in [6, 6.07) is 58.0. The van der Waals surface area contributed by atoms with Crippen molar-refractivity contribution in [2.24, 2.45) is 0 Å². The smallest absolute Gasteiger partial charge is 0.160 e. The molecule has 7 aromatic carbocycles. The van der Waals surface area contributed by atoms with Crippen LogP contribution in [-0.2, 0) is 5.41 Å². The minimum Gasteiger partial charge on any atom is -0.455 e. The molecule has 260 valence electrons. The molecule has 0 N–H and O–H groups in total. The van der Waals surface area contributed by atoms with Gasteiger partial charge < -0.3 is 9.15 Å². The van der Waals surface area contributed by atoms with Crippen LogP contribution >= 0.6 is 0 Å². The zero-order chi connectivity index (χ0) is 37.1. The van der Waals surface area contributed by atoms with E-state index in [1.807, 2.05) is 78.9 Å². The van der Waals surface area contributed by atoms with Gasteiger partial charge >= 0.3 is 0 Å². The Balaban J connectivity index is 1.06. The van der Waals surface area contributed by atoms with Crippen molar-refractivity contribution in [3.8, 4) is 73.7 Å². The highest BCUT2D eigenvalue weighted by Crippen LogP contribution is 2.50. The van der Waals surface area contributed by atoms with Gasteiger partial charge in [-0.25, -0.2) is 9.97 Å². The van der Waals surface area contributed by atoms with Gasteiger partial charge in [0.05, 0.1) is 17.0 Å². The van der Waals surface area contributed by atoms with Crippen molar-refractivity contribution < 1.29 is 9.15 Å². The summed E-state index contributed by atoms with van der Waals surface area (Å²) >= 11 is 0. The Morgan fingerprint density at radius 2 is 1.20 bits per heavy atom. The number of aromatic nitrogens is 2. The standard InChI is InChI=1S/C50H33N3O2/c1-50(2)41-19-7-9-21-46(41)55-47-37(30-51)27-36(28-42(47)50)34-14-10-15-35(26-34)44-29-43(52-49(53-44)33-12-4-3-5-13-33)32-24-22-31(23-25-32)38-17-11-18-40-39-16-6-8-20-45(39)54-48(38)40/h3-29H,1-2H3. The highest BCUT2D eigenvalue weighted by molar-refractivity contribution is 6.09. The first-order valence-corrected chi connectivity index (χ1v) is 18.4. The molecule has 0 fully saturated rings. The lowest BCUT2D eigenvalue weighted by Crippen LogP contribution is -2.24. The summed E-state index contributed by atoms with van der Waals surface area (Å²) in [6.07, 6.45) is 0. The van der Waals surface area contributed by atoms with E-state index in [9.17, 15) is 5.26 Å². The van der Waals surface area contributed by atoms with Crippen LogP contribution in [0.25, 0.3) is 78.1 Å². The number of rotatable bonds is 5. The normalized spacial score (nSPS) is 12.8. The van der Waals surface area contributed by atoms with E-state index in [2.05, 4.69) is 105 Å². The van der Waals surface area contributed by atoms with Gasteiger partial charge in [-0.1, -0.05) is 141 Å². The fourth-order valence-corrected chi connectivity index (χ4v) is 7.89. The summed E-state index contributed by atoms with van der Waals surface area (Å²) in [5, 5.41) is 12.5. The molecule has 0 amide bonds. The van der Waals surface area contributed by atoms with Gasteiger partial charge in [0.25, 0.3) is 0 Å². The van der Waals surface area contributed by atoms with E-state index in [0.717, 1.165) is 89.1 Å². The second-order valence-electron chi connectivity index (χ2n) is 14.5. The topological polar surface area (TPSA) is 71.9 Å². The molecule has 10 rings (SSSR count). The Labute approximate surface area is 318 Å². The molecule has 5 nitrogen and oxygen atoms in total. The van der Waals surface area contributed by atoms with E-state index < -0.39 is 0 Å². The van der Waals surface area contributed by atoms with Crippen LogP contribution in [0.2, 0.25) is 0 Å². The van der Waals surface area contributed by atoms with Crippen molar-refractivity contribution in [3.05, 3.63) is 180 Å². The highest BCUT2D eigenvalue weighted by Gasteiger charge is 2.36. The molecule has 5 heteroatoms. The monoisotopic (exact) mass is 707 g/mol. The number of benzene rings is 7. The maximum absolute atomic E-state index is 10.3. The number of ether oxygens (including phenoxy) is 1. The van der Waals surface area contributed by atoms with Crippen molar-refractivity contribution in [2.45, 2.75) is 19.3 Å². The van der Waals surface area contributed by atoms with Gasteiger partial charge in [-0.3, -0.25) is 0 Å². The van der Waals surface area contributed by atoms with Gasteiger partial charge in [0.2, 0.25) is 0 Å². The first-order chi connectivity index (χ1) is 26.9. The van der Waals surface area contributed by atoms with Crippen molar-refractivity contribution in [1.29, 1.82) is 5.26 Å². The van der Waals surface area contributed by atoms with Gasteiger partial charge in [-0.15, -0.1) is 0 Å². The molecule has 0 bridgehead atoms. The summed E-state index contributed by atoms with van der Waals surface area (Å²) < 4.78 is 12.7. The van der Waals surface area contributed by atoms with Crippen LogP contribution in [0.5, 0.6) is 11.5 Å². The third-order valence-corrected chi connectivity index (χ3v) is 10.8. The number of hydrogen-bond donors (Lipinski definition) is 0. The maximum atomic E-state index is 10.3. The lowest BCUT2D eigenvalue weighted by Gasteiger charge is -2.35. The minimum absolute atomic E-state index is 0.357. The summed E-state index contributed by atoms with van der Waals surface area (Å²) in [5.74, 6) is 2.06. The molecule has 0 radical (unpaired) electrons. The Morgan fingerprint density at radius 3 is 2.04 bits per heavy atom. The predicted octanol–water partition coefficient (Wildman–Crippen LogP) is 13.0. The van der Waals surface area contributed by atoms with Gasteiger partial charge in [0, 0.05) is 49.6 Å². The van der Waals surface area contributed by atoms with Crippen molar-refractivity contribution in [3.63, 3.8) is 0 Å². The third-order valence-electron chi connectivity index (χ3n) is 10.8. The second-order valence-corrected chi connectivity index (χ2v) is 14.5. The summed E-state index contributed by atoms with van der Waals surface area (Å²) in [7, 11) is 0. The van der Waals surface area contributed by atoms with Gasteiger partial charge in [0.1, 0.15) is 28.7 Å². The maximum Gasteiger partial charge on any atom is 0.160 e. The molecule has 1 aliphatic rings. The average molecular weight is 708 g/mol. The molecule has 1 aliphatic heterocycles. The minimum atomic E-state index is -0.357. The Bertz CT molecular complexity index is 2990. The Kier molecular flexibility index (Phi) is 7.47. The molecule has 0 unspecified atom stereocenters. The van der Waals surface area contributed by atoms with Gasteiger partial charge in [-0.2, -0.15) is 5.26 Å². The zero-order valence-corrected chi connectivity index (χ0v) is 30.2. The molecule has 2 aromatic heterocycles. The van der Waals surface area contributed by atoms with E-state index in [-0.39, 0.29) is 5.41 Å². The molecular formula is C50H33N3O2. The quantitative estimate of drug-likeness (QED) is 0.178. The van der Waals surface area contributed by atoms with Gasteiger partial charge in [0.15, 0.2) is 5.82 Å². The molecule has 0 aliphatic carbocycles. The van der Waals surface area contributed by atoms with E-state index in [0.29, 0.717) is 17.1 Å². The molecule has 9 aromatic rings. The van der Waals surface area contributed by atoms with E-state index in [1.165, 1.54) is 0 Å². The van der Waals surface area contributed by atoms with E-state index in [1.54, 1.807) is 0 Å². The van der Waals surface area contributed by atoms with Crippen molar-refractivity contribution in [2.75, 3.05) is 0 Å². The van der Waals surface area contributed by atoms with Crippen LogP contribution in [0.15, 0.2) is 168 Å². The number of nitriles is 1. The number of nitrogens with zero attached hydrogens (tertiary/aromatic N) is 3. The average Bonchev–Trinajstić information content (AvgIpc) is 3.63. The number of furan rings is 1. The van der Waals surface area contributed by atoms with E-state index in [4.69, 9.17) is 19.1 Å². The predicted molar refractivity (Wildman–Crippen MR) is 220 cm³/mol. The lowest BCUT2D eigenvalue weighted by atomic mass is 9.74. The molecule has 0 atom stereocenters. The fraction of sp³-hybridized carbons (Fsp3) is 0.0600. The number of hydrogen-bond acceptors (Lipinski definition) is 5. The molecular weight excluding hydrogens is 675 g/mol. The summed E-state index contributed by atoms with van der Waals surface area (Å²) in [6.45, 7) is 4.38. The first kappa shape index (κ1) is 32.4. The first-order valence-electron chi connectivity index (χ1n) is 18.4. The second kappa shape index (κ2) is 12.7. The van der Waals surface area contributed by atoms with Crippen LogP contribution in [0.1, 0.15) is 30.5 Å². The van der Waals surface area contributed by atoms with E-state index >= 15 is 0 Å². The Morgan fingerprint density at radius 1 is 0.527 bits per heavy atom. The molecule has 0 spiro atoms. The lowest BCUT2D eigenvalue weighted by molar-refractivity contribution is 0.417. The Hall–Kier alpha value is -7.29. The largest absolute Gasteiger partial charge is 0.455 e. The fourth-order valence-electron chi connectivity index (χ4n) is 7.89. The summed E-state index contributed by atoms with van der Waals surface area (Å²) in [4.78, 5) is 10.2. The molecule has 3 heterocycles. The molecule has 0 saturated heterocycles. The number of para-hydroxylation sites is 3. The van der Waals surface area contributed by atoms with Crippen molar-refractivity contribution >= 4 is 21.9 Å². The summed E-state index contributed by atoms with van der Waals surface area (Å²) in [5.41, 5.74) is 12.5.